The molecule has 4 aromatic rings. The van der Waals surface area contributed by atoms with E-state index in [4.69, 9.17) is 9.47 Å². The lowest BCUT2D eigenvalue weighted by molar-refractivity contribution is 0.0950. The smallest absolute Gasteiger partial charge is 0.289 e. The third-order valence-corrected chi connectivity index (χ3v) is 4.77. The average Bonchev–Trinajstić information content (AvgIpc) is 3.35. The number of ether oxygens (including phenoxy) is 2. The molecule has 0 saturated heterocycles. The van der Waals surface area contributed by atoms with Crippen molar-refractivity contribution in [3.8, 4) is 22.8 Å². The van der Waals surface area contributed by atoms with Crippen molar-refractivity contribution < 1.29 is 18.7 Å². The number of rotatable bonds is 8. The monoisotopic (exact) mass is 444 g/mol. The van der Waals surface area contributed by atoms with Gasteiger partial charge >= 0.3 is 0 Å². The van der Waals surface area contributed by atoms with Crippen LogP contribution in [-0.2, 0) is 6.61 Å². The highest BCUT2D eigenvalue weighted by Gasteiger charge is 2.13. The maximum absolute atomic E-state index is 12.9. The molecule has 1 amide bonds. The van der Waals surface area contributed by atoms with E-state index < -0.39 is 5.91 Å². The Bertz CT molecular complexity index is 1250. The lowest BCUT2D eigenvalue weighted by Gasteiger charge is -2.11. The molecule has 1 aromatic heterocycles. The van der Waals surface area contributed by atoms with E-state index in [0.29, 0.717) is 29.4 Å². The van der Waals surface area contributed by atoms with Gasteiger partial charge in [0.15, 0.2) is 11.5 Å². The summed E-state index contributed by atoms with van der Waals surface area (Å²) in [6.45, 7) is 0.418. The van der Waals surface area contributed by atoms with Gasteiger partial charge in [0.05, 0.1) is 19.0 Å². The minimum Gasteiger partial charge on any atom is -0.493 e. The molecule has 0 saturated carbocycles. The largest absolute Gasteiger partial charge is 0.493 e. The Hall–Kier alpha value is -4.46. The second-order valence-electron chi connectivity index (χ2n) is 7.06. The summed E-state index contributed by atoms with van der Waals surface area (Å²) in [4.78, 5) is 12.3. The summed E-state index contributed by atoms with van der Waals surface area (Å²) in [5.41, 5.74) is 5.68. The number of carbonyl (C=O) groups is 1. The Morgan fingerprint density at radius 2 is 1.85 bits per heavy atom. The first-order valence-corrected chi connectivity index (χ1v) is 10.1. The van der Waals surface area contributed by atoms with Crippen molar-refractivity contribution in [1.29, 1.82) is 0 Å². The summed E-state index contributed by atoms with van der Waals surface area (Å²) in [6.07, 6.45) is 1.42. The number of aromatic nitrogens is 2. The van der Waals surface area contributed by atoms with Crippen LogP contribution in [-0.4, -0.2) is 29.4 Å². The topological polar surface area (TPSA) is 88.6 Å². The van der Waals surface area contributed by atoms with Gasteiger partial charge in [0.1, 0.15) is 18.1 Å². The third kappa shape index (κ3) is 5.62. The fourth-order valence-electron chi connectivity index (χ4n) is 3.04. The van der Waals surface area contributed by atoms with E-state index in [1.165, 1.54) is 18.3 Å². The number of hydrogen-bond acceptors (Lipinski definition) is 5. The molecule has 0 atom stereocenters. The van der Waals surface area contributed by atoms with E-state index in [-0.39, 0.29) is 11.5 Å². The molecule has 0 spiro atoms. The summed E-state index contributed by atoms with van der Waals surface area (Å²) < 4.78 is 24.3. The van der Waals surface area contributed by atoms with Crippen LogP contribution in [0.25, 0.3) is 11.3 Å². The van der Waals surface area contributed by atoms with Gasteiger partial charge in [-0.1, -0.05) is 42.5 Å². The van der Waals surface area contributed by atoms with Crippen LogP contribution in [0.4, 0.5) is 4.39 Å². The van der Waals surface area contributed by atoms with Crippen molar-refractivity contribution in [3.63, 3.8) is 0 Å². The number of hydrazone groups is 1. The molecule has 3 aromatic carbocycles. The van der Waals surface area contributed by atoms with E-state index in [9.17, 15) is 9.18 Å². The van der Waals surface area contributed by atoms with Crippen LogP contribution in [0.1, 0.15) is 21.6 Å². The number of amides is 1. The molecule has 33 heavy (non-hydrogen) atoms. The van der Waals surface area contributed by atoms with Crippen LogP contribution in [0.2, 0.25) is 0 Å². The van der Waals surface area contributed by atoms with Gasteiger partial charge in [-0.05, 0) is 47.5 Å². The number of H-pyrrole nitrogens is 1. The highest BCUT2D eigenvalue weighted by atomic mass is 19.1. The first-order chi connectivity index (χ1) is 16.1. The van der Waals surface area contributed by atoms with Crippen LogP contribution in [0.15, 0.2) is 84.0 Å². The fourth-order valence-corrected chi connectivity index (χ4v) is 3.04. The SMILES string of the molecule is COc1cc(-c2cc(C(=O)N/N=C/c3ccc(F)cc3)[nH]n2)ccc1OCc1ccccc1. The van der Waals surface area contributed by atoms with E-state index >= 15 is 0 Å². The minimum absolute atomic E-state index is 0.240. The number of nitrogens with one attached hydrogen (secondary N) is 2. The molecule has 8 heteroatoms. The average molecular weight is 444 g/mol. The molecule has 1 heterocycles. The predicted molar refractivity (Wildman–Crippen MR) is 123 cm³/mol. The van der Waals surface area contributed by atoms with Gasteiger partial charge in [0, 0.05) is 5.56 Å². The van der Waals surface area contributed by atoms with Crippen molar-refractivity contribution in [2.24, 2.45) is 5.10 Å². The van der Waals surface area contributed by atoms with Crippen molar-refractivity contribution >= 4 is 12.1 Å². The molecule has 0 aliphatic carbocycles. The molecule has 4 rings (SSSR count). The van der Waals surface area contributed by atoms with Gasteiger partial charge in [-0.25, -0.2) is 9.82 Å². The van der Waals surface area contributed by atoms with Gasteiger partial charge in [0.2, 0.25) is 0 Å². The summed E-state index contributed by atoms with van der Waals surface area (Å²) in [5.74, 6) is 0.366. The molecular formula is C25H21FN4O3. The number of hydrogen-bond donors (Lipinski definition) is 2. The van der Waals surface area contributed by atoms with Crippen LogP contribution < -0.4 is 14.9 Å². The molecule has 0 aliphatic heterocycles. The zero-order valence-electron chi connectivity index (χ0n) is 17.8. The number of benzene rings is 3. The lowest BCUT2D eigenvalue weighted by atomic mass is 10.1. The summed E-state index contributed by atoms with van der Waals surface area (Å²) in [5, 5.41) is 10.8. The van der Waals surface area contributed by atoms with Crippen LogP contribution in [0, 0.1) is 5.82 Å². The van der Waals surface area contributed by atoms with Crippen LogP contribution >= 0.6 is 0 Å². The van der Waals surface area contributed by atoms with Crippen LogP contribution in [0.5, 0.6) is 11.5 Å². The highest BCUT2D eigenvalue weighted by Crippen LogP contribution is 2.32. The molecule has 0 bridgehead atoms. The van der Waals surface area contributed by atoms with Gasteiger partial charge in [0.25, 0.3) is 5.91 Å². The Balaban J connectivity index is 1.41. The summed E-state index contributed by atoms with van der Waals surface area (Å²) in [7, 11) is 1.57. The highest BCUT2D eigenvalue weighted by molar-refractivity contribution is 5.94. The zero-order chi connectivity index (χ0) is 23.0. The van der Waals surface area contributed by atoms with Crippen molar-refractivity contribution in [2.45, 2.75) is 6.61 Å². The molecule has 0 radical (unpaired) electrons. The van der Waals surface area contributed by atoms with Gasteiger partial charge in [-0.3, -0.25) is 9.89 Å². The number of aromatic amines is 1. The first-order valence-electron chi connectivity index (χ1n) is 10.1. The number of nitrogens with zero attached hydrogens (tertiary/aromatic N) is 2. The number of carbonyl (C=O) groups excluding carboxylic acids is 1. The van der Waals surface area contributed by atoms with E-state index in [2.05, 4.69) is 20.7 Å². The maximum Gasteiger partial charge on any atom is 0.289 e. The minimum atomic E-state index is -0.457. The van der Waals surface area contributed by atoms with Crippen molar-refractivity contribution in [1.82, 2.24) is 15.6 Å². The Morgan fingerprint density at radius 1 is 1.06 bits per heavy atom. The Kier molecular flexibility index (Phi) is 6.75. The predicted octanol–water partition coefficient (Wildman–Crippen LogP) is 4.57. The normalized spacial score (nSPS) is 10.8. The molecule has 0 unspecified atom stereocenters. The number of methoxy groups -OCH3 is 1. The molecular weight excluding hydrogens is 423 g/mol. The molecule has 7 nitrogen and oxygen atoms in total. The molecule has 2 N–H and O–H groups in total. The maximum atomic E-state index is 12.9. The van der Waals surface area contributed by atoms with Gasteiger partial charge in [-0.2, -0.15) is 10.2 Å². The third-order valence-electron chi connectivity index (χ3n) is 4.77. The van der Waals surface area contributed by atoms with Gasteiger partial charge < -0.3 is 9.47 Å². The van der Waals surface area contributed by atoms with Crippen molar-refractivity contribution in [2.75, 3.05) is 7.11 Å². The fraction of sp³-hybridized carbons (Fsp3) is 0.0800. The Morgan fingerprint density at radius 3 is 2.61 bits per heavy atom. The first kappa shape index (κ1) is 21.8. The molecule has 0 fully saturated rings. The molecule has 166 valence electrons. The molecule has 0 aliphatic rings. The standard InChI is InChI=1S/C25H21FN4O3/c1-32-24-13-19(9-12-23(24)33-16-18-5-3-2-4-6-18)21-14-22(29-28-21)25(31)30-27-15-17-7-10-20(26)11-8-17/h2-15H,16H2,1H3,(H,28,29)(H,30,31)/b27-15+. The summed E-state index contributed by atoms with van der Waals surface area (Å²) in [6, 6.07) is 22.6. The van der Waals surface area contributed by atoms with E-state index in [0.717, 1.165) is 11.1 Å². The quantitative estimate of drug-likeness (QED) is 0.308. The second kappa shape index (κ2) is 10.2. The second-order valence-corrected chi connectivity index (χ2v) is 7.06. The summed E-state index contributed by atoms with van der Waals surface area (Å²) >= 11 is 0. The Labute approximate surface area is 189 Å². The lowest BCUT2D eigenvalue weighted by Crippen LogP contribution is -2.17. The van der Waals surface area contributed by atoms with E-state index in [1.807, 2.05) is 36.4 Å². The van der Waals surface area contributed by atoms with Crippen molar-refractivity contribution in [3.05, 3.63) is 102 Å². The van der Waals surface area contributed by atoms with Crippen LogP contribution in [0.3, 0.4) is 0 Å². The van der Waals surface area contributed by atoms with Gasteiger partial charge in [-0.15, -0.1) is 0 Å². The zero-order valence-corrected chi connectivity index (χ0v) is 17.8. The van der Waals surface area contributed by atoms with E-state index in [1.54, 1.807) is 37.4 Å². The number of halogens is 1.